The fourth-order valence-electron chi connectivity index (χ4n) is 1.34. The molecule has 0 aliphatic carbocycles. The number of hydrogen-bond acceptors (Lipinski definition) is 3. The van der Waals surface area contributed by atoms with Gasteiger partial charge in [0, 0.05) is 7.11 Å². The van der Waals surface area contributed by atoms with E-state index in [9.17, 15) is 5.11 Å². The molecule has 3 nitrogen and oxygen atoms in total. The summed E-state index contributed by atoms with van der Waals surface area (Å²) in [7, 11) is 1.60. The maximum Gasteiger partial charge on any atom is 0.107 e. The summed E-state index contributed by atoms with van der Waals surface area (Å²) in [6.07, 6.45) is 2.96. The lowest BCUT2D eigenvalue weighted by Gasteiger charge is -2.31. The van der Waals surface area contributed by atoms with Gasteiger partial charge in [0.05, 0.1) is 18.5 Å². The van der Waals surface area contributed by atoms with Crippen LogP contribution in [-0.4, -0.2) is 30.5 Å². The number of rotatable bonds is 3. The smallest absolute Gasteiger partial charge is 0.107 e. The molecule has 0 bridgehead atoms. The van der Waals surface area contributed by atoms with Gasteiger partial charge >= 0.3 is 0 Å². The zero-order chi connectivity index (χ0) is 9.90. The Morgan fingerprint density at radius 1 is 1.62 bits per heavy atom. The third-order valence-electron chi connectivity index (χ3n) is 2.50. The average molecular weight is 186 g/mol. The maximum atomic E-state index is 9.93. The summed E-state index contributed by atoms with van der Waals surface area (Å²) < 4.78 is 10.4. The van der Waals surface area contributed by atoms with Crippen molar-refractivity contribution in [2.45, 2.75) is 38.4 Å². The predicted octanol–water partition coefficient (Wildman–Crippen LogP) is 1.47. The minimum atomic E-state index is -0.571. The predicted molar refractivity (Wildman–Crippen MR) is 50.4 cm³/mol. The van der Waals surface area contributed by atoms with Crippen molar-refractivity contribution in [3.05, 3.63) is 11.8 Å². The summed E-state index contributed by atoms with van der Waals surface area (Å²) in [5, 5.41) is 9.93. The Bertz CT molecular complexity index is 196. The van der Waals surface area contributed by atoms with E-state index in [2.05, 4.69) is 0 Å². The average Bonchev–Trinajstić information content (AvgIpc) is 2.18. The van der Waals surface area contributed by atoms with Crippen molar-refractivity contribution >= 4 is 0 Å². The van der Waals surface area contributed by atoms with Crippen molar-refractivity contribution in [3.8, 4) is 0 Å². The Morgan fingerprint density at radius 2 is 2.31 bits per heavy atom. The van der Waals surface area contributed by atoms with Gasteiger partial charge in [-0.05, 0) is 32.3 Å². The van der Waals surface area contributed by atoms with Crippen LogP contribution in [0.3, 0.4) is 0 Å². The molecule has 76 valence electrons. The standard InChI is InChI=1S/C10H18O3/c1-10(2,12-3)9(11)8-5-4-6-13-7-8/h7,9,11H,4-6H2,1-3H3. The zero-order valence-corrected chi connectivity index (χ0v) is 8.54. The molecule has 1 aliphatic rings. The first kappa shape index (κ1) is 10.5. The first-order valence-electron chi connectivity index (χ1n) is 4.61. The number of aliphatic hydroxyl groups excluding tert-OH is 1. The van der Waals surface area contributed by atoms with Gasteiger partial charge in [0.15, 0.2) is 0 Å². The molecule has 0 saturated heterocycles. The summed E-state index contributed by atoms with van der Waals surface area (Å²) in [5.74, 6) is 0. The van der Waals surface area contributed by atoms with E-state index in [-0.39, 0.29) is 0 Å². The van der Waals surface area contributed by atoms with Crippen LogP contribution >= 0.6 is 0 Å². The van der Waals surface area contributed by atoms with Crippen molar-refractivity contribution in [1.82, 2.24) is 0 Å². The van der Waals surface area contributed by atoms with Crippen molar-refractivity contribution in [3.63, 3.8) is 0 Å². The lowest BCUT2D eigenvalue weighted by atomic mass is 9.92. The summed E-state index contributed by atoms with van der Waals surface area (Å²) >= 11 is 0. The van der Waals surface area contributed by atoms with Crippen LogP contribution in [0.2, 0.25) is 0 Å². The Labute approximate surface area is 79.3 Å². The first-order valence-corrected chi connectivity index (χ1v) is 4.61. The lowest BCUT2D eigenvalue weighted by molar-refractivity contribution is -0.0645. The largest absolute Gasteiger partial charge is 0.501 e. The van der Waals surface area contributed by atoms with E-state index in [0.29, 0.717) is 0 Å². The van der Waals surface area contributed by atoms with E-state index in [0.717, 1.165) is 25.0 Å². The molecule has 3 heteroatoms. The van der Waals surface area contributed by atoms with Gasteiger partial charge in [0.1, 0.15) is 6.10 Å². The SMILES string of the molecule is COC(C)(C)C(O)C1=COCCC1. The molecule has 0 aromatic rings. The molecule has 1 atom stereocenters. The highest BCUT2D eigenvalue weighted by Crippen LogP contribution is 2.25. The minimum Gasteiger partial charge on any atom is -0.501 e. The van der Waals surface area contributed by atoms with Crippen LogP contribution in [0.5, 0.6) is 0 Å². The molecule has 1 rings (SSSR count). The monoisotopic (exact) mass is 186 g/mol. The van der Waals surface area contributed by atoms with E-state index in [1.807, 2.05) is 13.8 Å². The molecule has 1 aliphatic heterocycles. The lowest BCUT2D eigenvalue weighted by Crippen LogP contribution is -2.40. The van der Waals surface area contributed by atoms with E-state index in [1.165, 1.54) is 0 Å². The van der Waals surface area contributed by atoms with E-state index >= 15 is 0 Å². The van der Waals surface area contributed by atoms with Crippen molar-refractivity contribution in [1.29, 1.82) is 0 Å². The molecular weight excluding hydrogens is 168 g/mol. The Kier molecular flexibility index (Phi) is 3.33. The Balaban J connectivity index is 2.65. The molecule has 0 saturated carbocycles. The molecule has 1 N–H and O–H groups in total. The normalized spacial score (nSPS) is 20.5. The van der Waals surface area contributed by atoms with Gasteiger partial charge < -0.3 is 14.6 Å². The van der Waals surface area contributed by atoms with Gasteiger partial charge in [-0.3, -0.25) is 0 Å². The first-order chi connectivity index (χ1) is 6.08. The Morgan fingerprint density at radius 3 is 2.77 bits per heavy atom. The van der Waals surface area contributed by atoms with Gasteiger partial charge in [-0.2, -0.15) is 0 Å². The molecule has 0 spiro atoms. The van der Waals surface area contributed by atoms with Crippen molar-refractivity contribution < 1.29 is 14.6 Å². The highest BCUT2D eigenvalue weighted by molar-refractivity contribution is 5.11. The number of aliphatic hydroxyl groups is 1. The van der Waals surface area contributed by atoms with Crippen molar-refractivity contribution in [2.75, 3.05) is 13.7 Å². The Hall–Kier alpha value is -0.540. The van der Waals surface area contributed by atoms with Crippen LogP contribution in [0.15, 0.2) is 11.8 Å². The summed E-state index contributed by atoms with van der Waals surface area (Å²) in [6.45, 7) is 4.49. The van der Waals surface area contributed by atoms with Crippen LogP contribution in [0.1, 0.15) is 26.7 Å². The molecule has 0 fully saturated rings. The van der Waals surface area contributed by atoms with Gasteiger partial charge in [-0.1, -0.05) is 0 Å². The molecule has 1 unspecified atom stereocenters. The summed E-state index contributed by atoms with van der Waals surface area (Å²) in [5.41, 5.74) is 0.394. The molecule has 13 heavy (non-hydrogen) atoms. The van der Waals surface area contributed by atoms with Crippen LogP contribution in [0.25, 0.3) is 0 Å². The molecule has 0 aromatic heterocycles. The molecule has 0 aromatic carbocycles. The fourth-order valence-corrected chi connectivity index (χ4v) is 1.34. The quantitative estimate of drug-likeness (QED) is 0.725. The topological polar surface area (TPSA) is 38.7 Å². The van der Waals surface area contributed by atoms with Crippen LogP contribution in [0, 0.1) is 0 Å². The van der Waals surface area contributed by atoms with Gasteiger partial charge in [0.2, 0.25) is 0 Å². The maximum absolute atomic E-state index is 9.93. The van der Waals surface area contributed by atoms with Crippen LogP contribution in [-0.2, 0) is 9.47 Å². The van der Waals surface area contributed by atoms with Gasteiger partial charge in [-0.15, -0.1) is 0 Å². The van der Waals surface area contributed by atoms with Gasteiger partial charge in [0.25, 0.3) is 0 Å². The van der Waals surface area contributed by atoms with Crippen molar-refractivity contribution in [2.24, 2.45) is 0 Å². The fraction of sp³-hybridized carbons (Fsp3) is 0.800. The van der Waals surface area contributed by atoms with E-state index in [4.69, 9.17) is 9.47 Å². The van der Waals surface area contributed by atoms with Gasteiger partial charge in [-0.25, -0.2) is 0 Å². The second kappa shape index (κ2) is 4.11. The second-order valence-corrected chi connectivity index (χ2v) is 3.88. The molecule has 0 radical (unpaired) electrons. The molecular formula is C10H18O3. The highest BCUT2D eigenvalue weighted by atomic mass is 16.5. The highest BCUT2D eigenvalue weighted by Gasteiger charge is 2.31. The number of hydrogen-bond donors (Lipinski definition) is 1. The number of ether oxygens (including phenoxy) is 2. The zero-order valence-electron chi connectivity index (χ0n) is 8.54. The van der Waals surface area contributed by atoms with Crippen LogP contribution < -0.4 is 0 Å². The third kappa shape index (κ3) is 2.45. The van der Waals surface area contributed by atoms with Crippen LogP contribution in [0.4, 0.5) is 0 Å². The van der Waals surface area contributed by atoms with E-state index < -0.39 is 11.7 Å². The third-order valence-corrected chi connectivity index (χ3v) is 2.50. The summed E-state index contributed by atoms with van der Waals surface area (Å²) in [6, 6.07) is 0. The molecule has 1 heterocycles. The molecule has 0 amide bonds. The number of methoxy groups -OCH3 is 1. The summed E-state index contributed by atoms with van der Waals surface area (Å²) in [4.78, 5) is 0. The second-order valence-electron chi connectivity index (χ2n) is 3.88. The van der Waals surface area contributed by atoms with E-state index in [1.54, 1.807) is 13.4 Å². The minimum absolute atomic E-state index is 0.535.